The highest BCUT2D eigenvalue weighted by Gasteiger charge is 2.38. The van der Waals surface area contributed by atoms with Crippen molar-refractivity contribution in [1.82, 2.24) is 0 Å². The predicted octanol–water partition coefficient (Wildman–Crippen LogP) is 2.85. The molecule has 1 aliphatic rings. The molecule has 2 unspecified atom stereocenters. The van der Waals surface area contributed by atoms with Gasteiger partial charge in [-0.25, -0.2) is 0 Å². The minimum absolute atomic E-state index is 0.106. The molecule has 100 valence electrons. The molecule has 1 aromatic carbocycles. The Balaban J connectivity index is 2.24. The first-order chi connectivity index (χ1) is 8.67. The maximum atomic E-state index is 10.6. The van der Waals surface area contributed by atoms with Crippen molar-refractivity contribution >= 4 is 0 Å². The standard InChI is InChI=1S/C15H22O3/c1-4-18-15(11-6-7-11)14(16)12-9-10(2)5-8-13(12)17-3/h5,8-9,11,14-16H,4,6-7H2,1-3H3. The first kappa shape index (κ1) is 13.4. The number of methoxy groups -OCH3 is 1. The van der Waals surface area contributed by atoms with E-state index in [9.17, 15) is 5.11 Å². The number of hydrogen-bond donors (Lipinski definition) is 1. The van der Waals surface area contributed by atoms with Gasteiger partial charge in [0.2, 0.25) is 0 Å². The first-order valence-electron chi connectivity index (χ1n) is 6.61. The quantitative estimate of drug-likeness (QED) is 0.843. The summed E-state index contributed by atoms with van der Waals surface area (Å²) in [4.78, 5) is 0. The number of hydrogen-bond acceptors (Lipinski definition) is 3. The van der Waals surface area contributed by atoms with E-state index in [1.165, 1.54) is 0 Å². The molecule has 1 aromatic rings. The van der Waals surface area contributed by atoms with Gasteiger partial charge in [-0.05, 0) is 44.7 Å². The van der Waals surface area contributed by atoms with Gasteiger partial charge < -0.3 is 14.6 Å². The van der Waals surface area contributed by atoms with Crippen LogP contribution < -0.4 is 4.74 Å². The molecule has 0 radical (unpaired) electrons. The van der Waals surface area contributed by atoms with E-state index >= 15 is 0 Å². The monoisotopic (exact) mass is 250 g/mol. The summed E-state index contributed by atoms with van der Waals surface area (Å²) in [5.74, 6) is 1.23. The summed E-state index contributed by atoms with van der Waals surface area (Å²) in [6, 6.07) is 5.88. The minimum Gasteiger partial charge on any atom is -0.496 e. The lowest BCUT2D eigenvalue weighted by molar-refractivity contribution is -0.0469. The highest BCUT2D eigenvalue weighted by atomic mass is 16.5. The average Bonchev–Trinajstić information content (AvgIpc) is 3.19. The largest absolute Gasteiger partial charge is 0.496 e. The van der Waals surface area contributed by atoms with Crippen LogP contribution in [0.5, 0.6) is 5.75 Å². The fraction of sp³-hybridized carbons (Fsp3) is 0.600. The summed E-state index contributed by atoms with van der Waals surface area (Å²) < 4.78 is 11.1. The summed E-state index contributed by atoms with van der Waals surface area (Å²) in [5.41, 5.74) is 1.96. The fourth-order valence-electron chi connectivity index (χ4n) is 2.36. The van der Waals surface area contributed by atoms with Gasteiger partial charge in [0, 0.05) is 12.2 Å². The van der Waals surface area contributed by atoms with Crippen molar-refractivity contribution < 1.29 is 14.6 Å². The Hall–Kier alpha value is -1.06. The normalized spacial score (nSPS) is 18.4. The maximum Gasteiger partial charge on any atom is 0.124 e. The Morgan fingerprint density at radius 2 is 2.11 bits per heavy atom. The molecule has 3 nitrogen and oxygen atoms in total. The molecule has 0 aliphatic heterocycles. The molecular weight excluding hydrogens is 228 g/mol. The number of benzene rings is 1. The Kier molecular flexibility index (Phi) is 4.25. The zero-order chi connectivity index (χ0) is 13.1. The van der Waals surface area contributed by atoms with Crippen molar-refractivity contribution in [2.45, 2.75) is 38.9 Å². The van der Waals surface area contributed by atoms with Crippen LogP contribution in [0.25, 0.3) is 0 Å². The predicted molar refractivity (Wildman–Crippen MR) is 70.8 cm³/mol. The number of ether oxygens (including phenoxy) is 2. The van der Waals surface area contributed by atoms with Crippen molar-refractivity contribution in [3.8, 4) is 5.75 Å². The molecule has 0 spiro atoms. The molecule has 0 amide bonds. The molecule has 2 rings (SSSR count). The van der Waals surface area contributed by atoms with Crippen molar-refractivity contribution in [2.24, 2.45) is 5.92 Å². The fourth-order valence-corrected chi connectivity index (χ4v) is 2.36. The van der Waals surface area contributed by atoms with Gasteiger partial charge in [0.25, 0.3) is 0 Å². The van der Waals surface area contributed by atoms with E-state index in [0.717, 1.165) is 29.7 Å². The third kappa shape index (κ3) is 2.85. The zero-order valence-electron chi connectivity index (χ0n) is 11.3. The van der Waals surface area contributed by atoms with Gasteiger partial charge in [-0.15, -0.1) is 0 Å². The number of rotatable bonds is 6. The van der Waals surface area contributed by atoms with Crippen LogP contribution in [0.15, 0.2) is 18.2 Å². The van der Waals surface area contributed by atoms with E-state index in [0.29, 0.717) is 12.5 Å². The van der Waals surface area contributed by atoms with Crippen LogP contribution in [0.3, 0.4) is 0 Å². The van der Waals surface area contributed by atoms with Crippen LogP contribution in [0.2, 0.25) is 0 Å². The molecule has 0 bridgehead atoms. The van der Waals surface area contributed by atoms with Gasteiger partial charge in [-0.1, -0.05) is 11.6 Å². The van der Waals surface area contributed by atoms with Gasteiger partial charge in [0.05, 0.1) is 13.2 Å². The highest BCUT2D eigenvalue weighted by Crippen LogP contribution is 2.41. The Labute approximate surface area is 109 Å². The Morgan fingerprint density at radius 3 is 2.67 bits per heavy atom. The van der Waals surface area contributed by atoms with E-state index in [4.69, 9.17) is 9.47 Å². The smallest absolute Gasteiger partial charge is 0.124 e. The Morgan fingerprint density at radius 1 is 1.39 bits per heavy atom. The lowest BCUT2D eigenvalue weighted by Gasteiger charge is -2.24. The van der Waals surface area contributed by atoms with Crippen molar-refractivity contribution in [1.29, 1.82) is 0 Å². The first-order valence-corrected chi connectivity index (χ1v) is 6.61. The molecule has 3 heteroatoms. The van der Waals surface area contributed by atoms with Gasteiger partial charge in [-0.3, -0.25) is 0 Å². The topological polar surface area (TPSA) is 38.7 Å². The van der Waals surface area contributed by atoms with Crippen LogP contribution in [0.4, 0.5) is 0 Å². The van der Waals surface area contributed by atoms with E-state index in [2.05, 4.69) is 0 Å². The third-order valence-corrected chi connectivity index (χ3v) is 3.46. The van der Waals surface area contributed by atoms with Gasteiger partial charge in [0.1, 0.15) is 11.9 Å². The van der Waals surface area contributed by atoms with Gasteiger partial charge in [0.15, 0.2) is 0 Å². The summed E-state index contributed by atoms with van der Waals surface area (Å²) in [5, 5.41) is 10.6. The SMILES string of the molecule is CCOC(C1CC1)C(O)c1cc(C)ccc1OC. The van der Waals surface area contributed by atoms with Crippen LogP contribution in [-0.2, 0) is 4.74 Å². The van der Waals surface area contributed by atoms with E-state index in [1.54, 1.807) is 7.11 Å². The molecule has 0 aromatic heterocycles. The number of aliphatic hydroxyl groups is 1. The lowest BCUT2D eigenvalue weighted by Crippen LogP contribution is -2.25. The molecule has 2 atom stereocenters. The zero-order valence-corrected chi connectivity index (χ0v) is 11.3. The second-order valence-corrected chi connectivity index (χ2v) is 4.95. The van der Waals surface area contributed by atoms with Crippen molar-refractivity contribution in [3.63, 3.8) is 0 Å². The van der Waals surface area contributed by atoms with E-state index < -0.39 is 6.10 Å². The molecule has 1 saturated carbocycles. The molecule has 1 fully saturated rings. The van der Waals surface area contributed by atoms with E-state index in [-0.39, 0.29) is 6.10 Å². The number of aliphatic hydroxyl groups excluding tert-OH is 1. The highest BCUT2D eigenvalue weighted by molar-refractivity contribution is 5.39. The van der Waals surface area contributed by atoms with E-state index in [1.807, 2.05) is 32.0 Å². The molecule has 18 heavy (non-hydrogen) atoms. The maximum absolute atomic E-state index is 10.6. The second-order valence-electron chi connectivity index (χ2n) is 4.95. The van der Waals surface area contributed by atoms with Crippen molar-refractivity contribution in [3.05, 3.63) is 29.3 Å². The van der Waals surface area contributed by atoms with Crippen LogP contribution >= 0.6 is 0 Å². The number of aryl methyl sites for hydroxylation is 1. The van der Waals surface area contributed by atoms with Crippen LogP contribution in [-0.4, -0.2) is 24.9 Å². The van der Waals surface area contributed by atoms with Crippen molar-refractivity contribution in [2.75, 3.05) is 13.7 Å². The van der Waals surface area contributed by atoms with Gasteiger partial charge in [-0.2, -0.15) is 0 Å². The summed E-state index contributed by atoms with van der Waals surface area (Å²) in [7, 11) is 1.63. The molecule has 1 N–H and O–H groups in total. The summed E-state index contributed by atoms with van der Waals surface area (Å²) in [6.07, 6.45) is 1.59. The van der Waals surface area contributed by atoms with Gasteiger partial charge >= 0.3 is 0 Å². The minimum atomic E-state index is -0.604. The van der Waals surface area contributed by atoms with Crippen LogP contribution in [0, 0.1) is 12.8 Å². The van der Waals surface area contributed by atoms with Crippen LogP contribution in [0.1, 0.15) is 37.0 Å². The lowest BCUT2D eigenvalue weighted by atomic mass is 9.98. The molecular formula is C15H22O3. The molecule has 0 heterocycles. The third-order valence-electron chi connectivity index (χ3n) is 3.46. The molecule has 1 aliphatic carbocycles. The molecule has 0 saturated heterocycles. The summed E-state index contributed by atoms with van der Waals surface area (Å²) in [6.45, 7) is 4.62. The second kappa shape index (κ2) is 5.72. The Bertz CT molecular complexity index is 399. The summed E-state index contributed by atoms with van der Waals surface area (Å²) >= 11 is 0. The average molecular weight is 250 g/mol.